The summed E-state index contributed by atoms with van der Waals surface area (Å²) in [6.07, 6.45) is 1.74. The number of rotatable bonds is 8. The molecule has 2 nitrogen and oxygen atoms in total. The molecular formula is C32H28O2. The van der Waals surface area contributed by atoms with E-state index < -0.39 is 10.8 Å². The first-order valence-corrected chi connectivity index (χ1v) is 11.9. The maximum Gasteiger partial charge on any atom is 0.161 e. The zero-order valence-electron chi connectivity index (χ0n) is 19.2. The molecule has 0 radical (unpaired) electrons. The molecule has 0 heterocycles. The van der Waals surface area contributed by atoms with Crippen molar-refractivity contribution in [1.29, 1.82) is 0 Å². The molecule has 1 aliphatic rings. The summed E-state index contributed by atoms with van der Waals surface area (Å²) >= 11 is 0. The highest BCUT2D eigenvalue weighted by Crippen LogP contribution is 2.54. The van der Waals surface area contributed by atoms with E-state index in [4.69, 9.17) is 0 Å². The summed E-state index contributed by atoms with van der Waals surface area (Å²) in [6, 6.07) is 39.8. The Morgan fingerprint density at radius 2 is 0.559 bits per heavy atom. The minimum absolute atomic E-state index is 0.0745. The van der Waals surface area contributed by atoms with Crippen LogP contribution >= 0.6 is 0 Å². The van der Waals surface area contributed by atoms with E-state index in [2.05, 4.69) is 0 Å². The average molecular weight is 445 g/mol. The van der Waals surface area contributed by atoms with Gasteiger partial charge >= 0.3 is 0 Å². The van der Waals surface area contributed by atoms with Crippen molar-refractivity contribution in [2.45, 2.75) is 25.7 Å². The van der Waals surface area contributed by atoms with Gasteiger partial charge in [-0.3, -0.25) is 9.59 Å². The first-order valence-electron chi connectivity index (χ1n) is 11.9. The van der Waals surface area contributed by atoms with Gasteiger partial charge in [-0.2, -0.15) is 0 Å². The second kappa shape index (κ2) is 9.23. The third kappa shape index (κ3) is 4.01. The maximum atomic E-state index is 14.4. The number of carbonyl (C=O) groups is 2. The molecule has 0 aromatic heterocycles. The number of Topliss-reactive ketones (excluding diaryl/α,β-unsaturated/α-hetero) is 2. The lowest BCUT2D eigenvalue weighted by Gasteiger charge is -2.53. The van der Waals surface area contributed by atoms with Crippen LogP contribution in [0.25, 0.3) is 0 Å². The van der Waals surface area contributed by atoms with Crippen molar-refractivity contribution in [1.82, 2.24) is 0 Å². The Balaban J connectivity index is 1.57. The number of hydrogen-bond donors (Lipinski definition) is 0. The molecular weight excluding hydrogens is 416 g/mol. The summed E-state index contributed by atoms with van der Waals surface area (Å²) in [5, 5.41) is 0. The molecule has 0 saturated heterocycles. The number of carbonyl (C=O) groups excluding carboxylic acids is 2. The van der Waals surface area contributed by atoms with Crippen molar-refractivity contribution in [3.63, 3.8) is 0 Å². The Morgan fingerprint density at radius 1 is 0.353 bits per heavy atom. The van der Waals surface area contributed by atoms with Gasteiger partial charge in [0.1, 0.15) is 0 Å². The molecule has 0 N–H and O–H groups in total. The summed E-state index contributed by atoms with van der Waals surface area (Å²) in [5.74, 6) is 0.149. The minimum atomic E-state index is -1.04. The van der Waals surface area contributed by atoms with Gasteiger partial charge in [-0.25, -0.2) is 0 Å². The molecule has 0 bridgehead atoms. The van der Waals surface area contributed by atoms with E-state index in [9.17, 15) is 9.59 Å². The maximum absolute atomic E-state index is 14.4. The Kier molecular flexibility index (Phi) is 5.98. The molecule has 34 heavy (non-hydrogen) atoms. The molecule has 2 heteroatoms. The van der Waals surface area contributed by atoms with Crippen LogP contribution in [-0.4, -0.2) is 11.6 Å². The molecule has 1 saturated carbocycles. The Labute approximate surface area is 201 Å². The van der Waals surface area contributed by atoms with Gasteiger partial charge in [0.25, 0.3) is 0 Å². The molecule has 1 fully saturated rings. The van der Waals surface area contributed by atoms with Gasteiger partial charge in [-0.05, 0) is 47.9 Å². The molecule has 0 amide bonds. The molecule has 4 aromatic rings. The predicted molar refractivity (Wildman–Crippen MR) is 135 cm³/mol. The SMILES string of the molecule is O=C1C(Cc2ccccc2)(Cc2ccccc2)C(=O)C1(Cc1ccccc1)Cc1ccccc1. The molecule has 0 aliphatic heterocycles. The van der Waals surface area contributed by atoms with Crippen LogP contribution in [0, 0.1) is 10.8 Å². The molecule has 0 atom stereocenters. The van der Waals surface area contributed by atoms with Crippen molar-refractivity contribution < 1.29 is 9.59 Å². The molecule has 5 rings (SSSR count). The van der Waals surface area contributed by atoms with Gasteiger partial charge in [-0.15, -0.1) is 0 Å². The van der Waals surface area contributed by atoms with E-state index in [0.29, 0.717) is 25.7 Å². The Morgan fingerprint density at radius 3 is 0.765 bits per heavy atom. The van der Waals surface area contributed by atoms with E-state index in [-0.39, 0.29) is 11.6 Å². The highest BCUT2D eigenvalue weighted by atomic mass is 16.2. The normalized spacial score (nSPS) is 16.1. The smallest absolute Gasteiger partial charge is 0.161 e. The van der Waals surface area contributed by atoms with Crippen molar-refractivity contribution >= 4 is 11.6 Å². The van der Waals surface area contributed by atoms with Gasteiger partial charge in [-0.1, -0.05) is 121 Å². The van der Waals surface area contributed by atoms with Crippen LogP contribution in [0.1, 0.15) is 22.3 Å². The fourth-order valence-corrected chi connectivity index (χ4v) is 5.60. The fourth-order valence-electron chi connectivity index (χ4n) is 5.60. The predicted octanol–water partition coefficient (Wildman–Crippen LogP) is 6.08. The van der Waals surface area contributed by atoms with E-state index in [0.717, 1.165) is 22.3 Å². The van der Waals surface area contributed by atoms with Crippen LogP contribution in [0.4, 0.5) is 0 Å². The second-order valence-corrected chi connectivity index (χ2v) is 9.47. The minimum Gasteiger partial charge on any atom is -0.297 e. The quantitative estimate of drug-likeness (QED) is 0.309. The van der Waals surface area contributed by atoms with E-state index in [1.165, 1.54) is 0 Å². The first kappa shape index (κ1) is 22.0. The fraction of sp³-hybridized carbons (Fsp3) is 0.188. The zero-order chi connectivity index (χ0) is 23.4. The van der Waals surface area contributed by atoms with Crippen molar-refractivity contribution in [3.8, 4) is 0 Å². The summed E-state index contributed by atoms with van der Waals surface area (Å²) in [6.45, 7) is 0. The van der Waals surface area contributed by atoms with Gasteiger partial charge < -0.3 is 0 Å². The lowest BCUT2D eigenvalue weighted by atomic mass is 9.44. The van der Waals surface area contributed by atoms with E-state index in [1.54, 1.807) is 0 Å². The summed E-state index contributed by atoms with van der Waals surface area (Å²) in [4.78, 5) is 28.8. The Bertz CT molecular complexity index is 1060. The van der Waals surface area contributed by atoms with Crippen molar-refractivity contribution in [3.05, 3.63) is 144 Å². The molecule has 0 spiro atoms. The number of hydrogen-bond acceptors (Lipinski definition) is 2. The van der Waals surface area contributed by atoms with Gasteiger partial charge in [0, 0.05) is 0 Å². The molecule has 0 unspecified atom stereocenters. The number of ketones is 2. The largest absolute Gasteiger partial charge is 0.297 e. The van der Waals surface area contributed by atoms with Crippen LogP contribution in [0.5, 0.6) is 0 Å². The van der Waals surface area contributed by atoms with Crippen LogP contribution in [0.3, 0.4) is 0 Å². The second-order valence-electron chi connectivity index (χ2n) is 9.47. The van der Waals surface area contributed by atoms with Crippen molar-refractivity contribution in [2.75, 3.05) is 0 Å². The number of benzene rings is 4. The lowest BCUT2D eigenvalue weighted by molar-refractivity contribution is -0.171. The molecule has 4 aromatic carbocycles. The average Bonchev–Trinajstić information content (AvgIpc) is 2.89. The molecule has 1 aliphatic carbocycles. The third-order valence-corrected chi connectivity index (χ3v) is 7.13. The third-order valence-electron chi connectivity index (χ3n) is 7.13. The van der Waals surface area contributed by atoms with Crippen LogP contribution in [0.2, 0.25) is 0 Å². The van der Waals surface area contributed by atoms with Gasteiger partial charge in [0.2, 0.25) is 0 Å². The summed E-state index contributed by atoms with van der Waals surface area (Å²) < 4.78 is 0. The van der Waals surface area contributed by atoms with Gasteiger partial charge in [0.05, 0.1) is 10.8 Å². The first-order chi connectivity index (χ1) is 16.6. The standard InChI is InChI=1S/C32H28O2/c33-29-31(21-25-13-5-1-6-14-25,22-26-15-7-2-8-16-26)30(34)32(29,23-27-17-9-3-10-18-27)24-28-19-11-4-12-20-28/h1-20H,21-24H2. The highest BCUT2D eigenvalue weighted by Gasteiger charge is 2.70. The topological polar surface area (TPSA) is 34.1 Å². The van der Waals surface area contributed by atoms with E-state index >= 15 is 0 Å². The molecule has 168 valence electrons. The van der Waals surface area contributed by atoms with Crippen molar-refractivity contribution in [2.24, 2.45) is 10.8 Å². The Hall–Kier alpha value is -3.78. The van der Waals surface area contributed by atoms with Crippen LogP contribution < -0.4 is 0 Å². The lowest BCUT2D eigenvalue weighted by Crippen LogP contribution is -2.70. The zero-order valence-corrected chi connectivity index (χ0v) is 19.2. The monoisotopic (exact) mass is 444 g/mol. The van der Waals surface area contributed by atoms with Crippen LogP contribution in [-0.2, 0) is 35.3 Å². The van der Waals surface area contributed by atoms with E-state index in [1.807, 2.05) is 121 Å². The summed E-state index contributed by atoms with van der Waals surface area (Å²) in [5.41, 5.74) is 2.01. The highest BCUT2D eigenvalue weighted by molar-refractivity contribution is 6.31. The summed E-state index contributed by atoms with van der Waals surface area (Å²) in [7, 11) is 0. The van der Waals surface area contributed by atoms with Gasteiger partial charge in [0.15, 0.2) is 11.6 Å². The van der Waals surface area contributed by atoms with Crippen LogP contribution in [0.15, 0.2) is 121 Å².